The molecule has 0 unspecified atom stereocenters. The maximum Gasteiger partial charge on any atom is 0.229 e. The first-order valence-electron chi connectivity index (χ1n) is 5.06. The van der Waals surface area contributed by atoms with Gasteiger partial charge in [-0.3, -0.25) is 4.79 Å². The normalized spacial score (nSPS) is 20.5. The Labute approximate surface area is 79.4 Å². The maximum atomic E-state index is 11.6. The Bertz CT molecular complexity index is 171. The highest BCUT2D eigenvalue weighted by Gasteiger charge is 2.41. The second-order valence-corrected chi connectivity index (χ2v) is 3.33. The zero-order valence-electron chi connectivity index (χ0n) is 8.47. The summed E-state index contributed by atoms with van der Waals surface area (Å²) in [6.07, 6.45) is 3.23. The van der Waals surface area contributed by atoms with Gasteiger partial charge in [-0.05, 0) is 6.42 Å². The smallest absolute Gasteiger partial charge is 0.229 e. The molecule has 3 nitrogen and oxygen atoms in total. The lowest BCUT2D eigenvalue weighted by Crippen LogP contribution is -2.39. The molecule has 0 radical (unpaired) electrons. The molecule has 0 aliphatic carbocycles. The number of carbonyl (C=O) groups excluding carboxylic acids is 1. The molecule has 0 aromatic rings. The fourth-order valence-electron chi connectivity index (χ4n) is 1.58. The molecule has 1 saturated heterocycles. The number of hydrogen-bond donors (Lipinski definition) is 0. The Hall–Kier alpha value is -0.410. The Morgan fingerprint density at radius 3 is 2.38 bits per heavy atom. The SMILES string of the molecule is CCCCC1(C(=O)CC)OCCO1. The van der Waals surface area contributed by atoms with E-state index >= 15 is 0 Å². The van der Waals surface area contributed by atoms with Crippen molar-refractivity contribution in [1.29, 1.82) is 0 Å². The van der Waals surface area contributed by atoms with Crippen LogP contribution >= 0.6 is 0 Å². The van der Waals surface area contributed by atoms with Crippen molar-refractivity contribution in [3.8, 4) is 0 Å². The van der Waals surface area contributed by atoms with E-state index in [0.29, 0.717) is 26.1 Å². The van der Waals surface area contributed by atoms with E-state index in [2.05, 4.69) is 6.92 Å². The average molecular weight is 186 g/mol. The molecular weight excluding hydrogens is 168 g/mol. The zero-order valence-corrected chi connectivity index (χ0v) is 8.47. The van der Waals surface area contributed by atoms with Crippen LogP contribution in [0.1, 0.15) is 39.5 Å². The Kier molecular flexibility index (Phi) is 3.88. The van der Waals surface area contributed by atoms with Crippen molar-refractivity contribution in [2.24, 2.45) is 0 Å². The molecule has 13 heavy (non-hydrogen) atoms. The van der Waals surface area contributed by atoms with Crippen LogP contribution in [-0.4, -0.2) is 24.8 Å². The van der Waals surface area contributed by atoms with E-state index in [0.717, 1.165) is 12.8 Å². The van der Waals surface area contributed by atoms with Crippen LogP contribution in [0, 0.1) is 0 Å². The molecule has 0 saturated carbocycles. The molecule has 1 rings (SSSR count). The number of rotatable bonds is 5. The lowest BCUT2D eigenvalue weighted by molar-refractivity contribution is -0.182. The van der Waals surface area contributed by atoms with Gasteiger partial charge in [-0.2, -0.15) is 0 Å². The molecule has 76 valence electrons. The summed E-state index contributed by atoms with van der Waals surface area (Å²) < 4.78 is 10.8. The van der Waals surface area contributed by atoms with E-state index in [1.54, 1.807) is 0 Å². The average Bonchev–Trinajstić information content (AvgIpc) is 2.63. The Morgan fingerprint density at radius 1 is 1.31 bits per heavy atom. The lowest BCUT2D eigenvalue weighted by atomic mass is 10.0. The van der Waals surface area contributed by atoms with Crippen LogP contribution in [0.2, 0.25) is 0 Å². The third-order valence-corrected chi connectivity index (χ3v) is 2.36. The summed E-state index contributed by atoms with van der Waals surface area (Å²) in [6.45, 7) is 5.05. The van der Waals surface area contributed by atoms with E-state index < -0.39 is 5.79 Å². The minimum Gasteiger partial charge on any atom is -0.341 e. The molecule has 0 N–H and O–H groups in total. The highest BCUT2D eigenvalue weighted by atomic mass is 16.7. The summed E-state index contributed by atoms with van der Waals surface area (Å²) >= 11 is 0. The molecule has 0 aromatic carbocycles. The number of unbranched alkanes of at least 4 members (excludes halogenated alkanes) is 1. The summed E-state index contributed by atoms with van der Waals surface area (Å²) in [4.78, 5) is 11.6. The number of ether oxygens (including phenoxy) is 2. The zero-order chi connectivity index (χ0) is 9.73. The molecule has 0 amide bonds. The second kappa shape index (κ2) is 4.72. The minimum absolute atomic E-state index is 0.0819. The summed E-state index contributed by atoms with van der Waals surface area (Å²) in [6, 6.07) is 0. The summed E-state index contributed by atoms with van der Waals surface area (Å²) in [5.74, 6) is -0.802. The van der Waals surface area contributed by atoms with Gasteiger partial charge in [0.25, 0.3) is 0 Å². The van der Waals surface area contributed by atoms with Crippen molar-refractivity contribution in [1.82, 2.24) is 0 Å². The number of hydrogen-bond acceptors (Lipinski definition) is 3. The minimum atomic E-state index is -0.884. The standard InChI is InChI=1S/C10H18O3/c1-3-5-6-10(9(11)4-2)12-7-8-13-10/h3-8H2,1-2H3. The second-order valence-electron chi connectivity index (χ2n) is 3.33. The van der Waals surface area contributed by atoms with Gasteiger partial charge in [0.05, 0.1) is 13.2 Å². The largest absolute Gasteiger partial charge is 0.341 e. The molecule has 0 bridgehead atoms. The van der Waals surface area contributed by atoms with Crippen molar-refractivity contribution in [2.45, 2.75) is 45.3 Å². The predicted octanol–water partition coefficient (Wildman–Crippen LogP) is 1.90. The number of ketones is 1. The van der Waals surface area contributed by atoms with Crippen molar-refractivity contribution >= 4 is 5.78 Å². The molecule has 0 aromatic heterocycles. The molecule has 0 spiro atoms. The quantitative estimate of drug-likeness (QED) is 0.657. The fourth-order valence-corrected chi connectivity index (χ4v) is 1.58. The summed E-state index contributed by atoms with van der Waals surface area (Å²) in [5, 5.41) is 0. The van der Waals surface area contributed by atoms with Crippen LogP contribution in [0.5, 0.6) is 0 Å². The number of Topliss-reactive ketones (excluding diaryl/α,β-unsaturated/α-hetero) is 1. The molecule has 1 fully saturated rings. The summed E-state index contributed by atoms with van der Waals surface area (Å²) in [7, 11) is 0. The van der Waals surface area contributed by atoms with Gasteiger partial charge in [-0.1, -0.05) is 20.3 Å². The van der Waals surface area contributed by atoms with Gasteiger partial charge in [0.1, 0.15) is 0 Å². The van der Waals surface area contributed by atoms with Crippen molar-refractivity contribution in [3.05, 3.63) is 0 Å². The first-order chi connectivity index (χ1) is 6.25. The van der Waals surface area contributed by atoms with Crippen LogP contribution in [0.25, 0.3) is 0 Å². The van der Waals surface area contributed by atoms with Crippen molar-refractivity contribution in [2.75, 3.05) is 13.2 Å². The van der Waals surface area contributed by atoms with E-state index in [9.17, 15) is 4.79 Å². The van der Waals surface area contributed by atoms with Crippen LogP contribution in [0.3, 0.4) is 0 Å². The molecule has 0 atom stereocenters. The first kappa shape index (κ1) is 10.7. The third-order valence-electron chi connectivity index (χ3n) is 2.36. The molecule has 1 heterocycles. The van der Waals surface area contributed by atoms with Crippen LogP contribution in [-0.2, 0) is 14.3 Å². The third kappa shape index (κ3) is 2.29. The highest BCUT2D eigenvalue weighted by Crippen LogP contribution is 2.27. The topological polar surface area (TPSA) is 35.5 Å². The van der Waals surface area contributed by atoms with E-state index in [1.165, 1.54) is 0 Å². The van der Waals surface area contributed by atoms with Crippen LogP contribution < -0.4 is 0 Å². The molecule has 1 aliphatic heterocycles. The van der Waals surface area contributed by atoms with Crippen molar-refractivity contribution in [3.63, 3.8) is 0 Å². The van der Waals surface area contributed by atoms with Gasteiger partial charge in [0.2, 0.25) is 5.79 Å². The van der Waals surface area contributed by atoms with Gasteiger partial charge in [0.15, 0.2) is 5.78 Å². The van der Waals surface area contributed by atoms with E-state index in [4.69, 9.17) is 9.47 Å². The van der Waals surface area contributed by atoms with Gasteiger partial charge < -0.3 is 9.47 Å². The van der Waals surface area contributed by atoms with Crippen LogP contribution in [0.4, 0.5) is 0 Å². The van der Waals surface area contributed by atoms with Gasteiger partial charge in [-0.25, -0.2) is 0 Å². The van der Waals surface area contributed by atoms with Gasteiger partial charge in [0, 0.05) is 12.8 Å². The van der Waals surface area contributed by atoms with Gasteiger partial charge >= 0.3 is 0 Å². The predicted molar refractivity (Wildman–Crippen MR) is 49.5 cm³/mol. The maximum absolute atomic E-state index is 11.6. The molecule has 3 heteroatoms. The Morgan fingerprint density at radius 2 is 1.92 bits per heavy atom. The van der Waals surface area contributed by atoms with E-state index in [1.807, 2.05) is 6.92 Å². The van der Waals surface area contributed by atoms with Crippen LogP contribution in [0.15, 0.2) is 0 Å². The Balaban J connectivity index is 2.57. The molecule has 1 aliphatic rings. The van der Waals surface area contributed by atoms with Crippen molar-refractivity contribution < 1.29 is 14.3 Å². The fraction of sp³-hybridized carbons (Fsp3) is 0.900. The molecular formula is C10H18O3. The number of carbonyl (C=O) groups is 1. The lowest BCUT2D eigenvalue weighted by Gasteiger charge is -2.24. The highest BCUT2D eigenvalue weighted by molar-refractivity contribution is 5.85. The van der Waals surface area contributed by atoms with Gasteiger partial charge in [-0.15, -0.1) is 0 Å². The summed E-state index contributed by atoms with van der Waals surface area (Å²) in [5.41, 5.74) is 0. The van der Waals surface area contributed by atoms with E-state index in [-0.39, 0.29) is 5.78 Å². The monoisotopic (exact) mass is 186 g/mol. The first-order valence-corrected chi connectivity index (χ1v) is 5.06.